The number of benzene rings is 1. The molecule has 0 aliphatic heterocycles. The summed E-state index contributed by atoms with van der Waals surface area (Å²) in [5.41, 5.74) is 7.79. The van der Waals surface area contributed by atoms with Crippen LogP contribution in [0.3, 0.4) is 0 Å². The Hall–Kier alpha value is -1.81. The lowest BCUT2D eigenvalue weighted by Gasteiger charge is -2.28. The Morgan fingerprint density at radius 1 is 1.19 bits per heavy atom. The first-order chi connectivity index (χ1) is 10.2. The maximum absolute atomic E-state index is 12.3. The number of carbonyl (C=O) groups is 1. The first-order valence-electron chi connectivity index (χ1n) is 7.81. The third kappa shape index (κ3) is 3.27. The molecule has 1 aromatic heterocycles. The number of hydrogen-bond donors (Lipinski definition) is 3. The molecule has 21 heavy (non-hydrogen) atoms. The number of fused-ring (bicyclic) bond motifs is 1. The largest absolute Gasteiger partial charge is 0.351 e. The first-order valence-corrected chi connectivity index (χ1v) is 7.81. The summed E-state index contributed by atoms with van der Waals surface area (Å²) in [6.45, 7) is 0.557. The fourth-order valence-corrected chi connectivity index (χ4v) is 3.16. The van der Waals surface area contributed by atoms with E-state index in [1.807, 2.05) is 30.3 Å². The number of hydrogen-bond acceptors (Lipinski definition) is 2. The van der Waals surface area contributed by atoms with Crippen molar-refractivity contribution in [2.45, 2.75) is 44.1 Å². The third-order valence-electron chi connectivity index (χ3n) is 4.47. The standard InChI is InChI=1S/C17H23N3O/c18-17(9-5-1-2-6-10-17)12-19-16(21)15-11-13-7-3-4-8-14(13)20-15/h3-4,7-8,11,20H,1-2,5-6,9-10,12,18H2,(H,19,21). The lowest BCUT2D eigenvalue weighted by Crippen LogP contribution is -2.49. The van der Waals surface area contributed by atoms with Crippen LogP contribution in [0.5, 0.6) is 0 Å². The van der Waals surface area contributed by atoms with Crippen LogP contribution in [-0.2, 0) is 0 Å². The van der Waals surface area contributed by atoms with E-state index in [0.29, 0.717) is 12.2 Å². The van der Waals surface area contributed by atoms with Crippen molar-refractivity contribution in [1.82, 2.24) is 10.3 Å². The van der Waals surface area contributed by atoms with Crippen molar-refractivity contribution >= 4 is 16.8 Å². The number of rotatable bonds is 3. The van der Waals surface area contributed by atoms with Gasteiger partial charge >= 0.3 is 0 Å². The van der Waals surface area contributed by atoms with Crippen molar-refractivity contribution < 1.29 is 4.79 Å². The zero-order chi connectivity index (χ0) is 14.7. The van der Waals surface area contributed by atoms with Crippen LogP contribution in [-0.4, -0.2) is 23.0 Å². The summed E-state index contributed by atoms with van der Waals surface area (Å²) in [6.07, 6.45) is 6.85. The highest BCUT2D eigenvalue weighted by molar-refractivity contribution is 5.98. The van der Waals surface area contributed by atoms with E-state index in [4.69, 9.17) is 5.73 Å². The maximum Gasteiger partial charge on any atom is 0.267 e. The number of aromatic nitrogens is 1. The molecule has 1 amide bonds. The molecular formula is C17H23N3O. The van der Waals surface area contributed by atoms with E-state index >= 15 is 0 Å². The number of nitrogens with one attached hydrogen (secondary N) is 2. The smallest absolute Gasteiger partial charge is 0.267 e. The predicted molar refractivity (Wildman–Crippen MR) is 85.3 cm³/mol. The molecule has 112 valence electrons. The molecule has 0 saturated heterocycles. The molecule has 0 spiro atoms. The molecule has 1 aliphatic carbocycles. The number of aromatic amines is 1. The van der Waals surface area contributed by atoms with Crippen LogP contribution in [0.2, 0.25) is 0 Å². The van der Waals surface area contributed by atoms with Gasteiger partial charge in [-0.25, -0.2) is 0 Å². The highest BCUT2D eigenvalue weighted by atomic mass is 16.1. The zero-order valence-corrected chi connectivity index (χ0v) is 12.3. The van der Waals surface area contributed by atoms with Gasteiger partial charge in [0.25, 0.3) is 5.91 Å². The van der Waals surface area contributed by atoms with Gasteiger partial charge in [-0.1, -0.05) is 43.9 Å². The molecule has 1 fully saturated rings. The van der Waals surface area contributed by atoms with Gasteiger partial charge in [0.2, 0.25) is 0 Å². The van der Waals surface area contributed by atoms with Crippen molar-refractivity contribution in [2.75, 3.05) is 6.54 Å². The number of nitrogens with two attached hydrogens (primary N) is 1. The van der Waals surface area contributed by atoms with Gasteiger partial charge in [-0.05, 0) is 25.0 Å². The second kappa shape index (κ2) is 5.90. The van der Waals surface area contributed by atoms with E-state index < -0.39 is 0 Å². The molecule has 1 heterocycles. The molecule has 0 radical (unpaired) electrons. The zero-order valence-electron chi connectivity index (χ0n) is 12.3. The van der Waals surface area contributed by atoms with Gasteiger partial charge in [0.1, 0.15) is 5.69 Å². The van der Waals surface area contributed by atoms with Gasteiger partial charge in [-0.2, -0.15) is 0 Å². The minimum absolute atomic E-state index is 0.0692. The highest BCUT2D eigenvalue weighted by Crippen LogP contribution is 2.24. The monoisotopic (exact) mass is 285 g/mol. The lowest BCUT2D eigenvalue weighted by atomic mass is 9.91. The normalized spacial score (nSPS) is 18.3. The third-order valence-corrected chi connectivity index (χ3v) is 4.47. The molecule has 3 rings (SSSR count). The molecular weight excluding hydrogens is 262 g/mol. The van der Waals surface area contributed by atoms with Crippen molar-refractivity contribution in [1.29, 1.82) is 0 Å². The fraction of sp³-hybridized carbons (Fsp3) is 0.471. The van der Waals surface area contributed by atoms with Gasteiger partial charge in [0.15, 0.2) is 0 Å². The number of amides is 1. The average Bonchev–Trinajstić information content (AvgIpc) is 2.81. The van der Waals surface area contributed by atoms with Crippen molar-refractivity contribution in [2.24, 2.45) is 5.73 Å². The lowest BCUT2D eigenvalue weighted by molar-refractivity contribution is 0.0937. The Balaban J connectivity index is 1.65. The maximum atomic E-state index is 12.3. The highest BCUT2D eigenvalue weighted by Gasteiger charge is 2.26. The van der Waals surface area contributed by atoms with E-state index in [-0.39, 0.29) is 11.4 Å². The van der Waals surface area contributed by atoms with Crippen LogP contribution in [0.1, 0.15) is 49.0 Å². The Kier molecular flexibility index (Phi) is 3.97. The Labute approximate surface area is 125 Å². The molecule has 4 nitrogen and oxygen atoms in total. The average molecular weight is 285 g/mol. The van der Waals surface area contributed by atoms with E-state index in [2.05, 4.69) is 10.3 Å². The minimum atomic E-state index is -0.238. The molecule has 4 N–H and O–H groups in total. The van der Waals surface area contributed by atoms with Gasteiger partial charge < -0.3 is 16.0 Å². The summed E-state index contributed by atoms with van der Waals surface area (Å²) >= 11 is 0. The topological polar surface area (TPSA) is 70.9 Å². The van der Waals surface area contributed by atoms with Crippen LogP contribution in [0, 0.1) is 0 Å². The molecule has 1 aromatic carbocycles. The van der Waals surface area contributed by atoms with Crippen LogP contribution in [0.15, 0.2) is 30.3 Å². The van der Waals surface area contributed by atoms with Gasteiger partial charge in [-0.3, -0.25) is 4.79 Å². The molecule has 1 aliphatic rings. The quantitative estimate of drug-likeness (QED) is 0.759. The molecule has 0 unspecified atom stereocenters. The summed E-state index contributed by atoms with van der Waals surface area (Å²) in [5.74, 6) is -0.0692. The Bertz CT molecular complexity index is 591. The summed E-state index contributed by atoms with van der Waals surface area (Å²) < 4.78 is 0. The van der Waals surface area contributed by atoms with Gasteiger partial charge in [-0.15, -0.1) is 0 Å². The summed E-state index contributed by atoms with van der Waals surface area (Å²) in [5, 5.41) is 4.06. The molecule has 4 heteroatoms. The molecule has 0 atom stereocenters. The van der Waals surface area contributed by atoms with Crippen molar-refractivity contribution in [3.05, 3.63) is 36.0 Å². The van der Waals surface area contributed by atoms with E-state index in [1.54, 1.807) is 0 Å². The van der Waals surface area contributed by atoms with Crippen LogP contribution < -0.4 is 11.1 Å². The molecule has 1 saturated carbocycles. The SMILES string of the molecule is NC1(CNC(=O)c2cc3ccccc3[nH]2)CCCCCC1. The van der Waals surface area contributed by atoms with E-state index in [1.165, 1.54) is 25.7 Å². The Morgan fingerprint density at radius 2 is 1.90 bits per heavy atom. The van der Waals surface area contributed by atoms with Gasteiger partial charge in [0.05, 0.1) is 0 Å². The second-order valence-corrected chi connectivity index (χ2v) is 6.23. The summed E-state index contributed by atoms with van der Waals surface area (Å²) in [6, 6.07) is 9.79. The molecule has 0 bridgehead atoms. The van der Waals surface area contributed by atoms with Crippen LogP contribution in [0.25, 0.3) is 10.9 Å². The first kappa shape index (κ1) is 14.1. The van der Waals surface area contributed by atoms with Crippen LogP contribution in [0.4, 0.5) is 0 Å². The van der Waals surface area contributed by atoms with E-state index in [9.17, 15) is 4.79 Å². The summed E-state index contributed by atoms with van der Waals surface area (Å²) in [4.78, 5) is 15.4. The number of carbonyl (C=O) groups excluding carboxylic acids is 1. The van der Waals surface area contributed by atoms with Crippen molar-refractivity contribution in [3.8, 4) is 0 Å². The molecule has 2 aromatic rings. The minimum Gasteiger partial charge on any atom is -0.351 e. The fourth-order valence-electron chi connectivity index (χ4n) is 3.16. The van der Waals surface area contributed by atoms with Crippen LogP contribution >= 0.6 is 0 Å². The number of para-hydroxylation sites is 1. The van der Waals surface area contributed by atoms with Gasteiger partial charge in [0, 0.05) is 23.0 Å². The van der Waals surface area contributed by atoms with Crippen molar-refractivity contribution in [3.63, 3.8) is 0 Å². The number of H-pyrrole nitrogens is 1. The second-order valence-electron chi connectivity index (χ2n) is 6.23. The predicted octanol–water partition coefficient (Wildman–Crippen LogP) is 2.95. The Morgan fingerprint density at radius 3 is 2.62 bits per heavy atom. The van der Waals surface area contributed by atoms with E-state index in [0.717, 1.165) is 23.7 Å². The summed E-state index contributed by atoms with van der Waals surface area (Å²) in [7, 11) is 0.